The standard InChI is InChI=1S/C5H9F3O.FH/c1-3-9-4(2)5(6,7)8;/h4H,3H2,1-2H3;1H. The zero-order valence-corrected chi connectivity index (χ0v) is 5.73. The molecule has 5 heteroatoms. The largest absolute Gasteiger partial charge is 0.414 e. The molecule has 0 fully saturated rings. The molecule has 0 aliphatic carbocycles. The van der Waals surface area contributed by atoms with Gasteiger partial charge >= 0.3 is 6.18 Å². The summed E-state index contributed by atoms with van der Waals surface area (Å²) in [5, 5.41) is 0. The lowest BCUT2D eigenvalue weighted by atomic mass is 10.4. The molecule has 0 saturated carbocycles. The third-order valence-corrected chi connectivity index (χ3v) is 0.878. The van der Waals surface area contributed by atoms with Crippen molar-refractivity contribution in [1.82, 2.24) is 0 Å². The van der Waals surface area contributed by atoms with Crippen molar-refractivity contribution in [3.8, 4) is 0 Å². The molecule has 0 saturated heterocycles. The van der Waals surface area contributed by atoms with E-state index >= 15 is 0 Å². The van der Waals surface area contributed by atoms with Gasteiger partial charge in [0.15, 0.2) is 6.10 Å². The van der Waals surface area contributed by atoms with Crippen LogP contribution < -0.4 is 0 Å². The average molecular weight is 162 g/mol. The Morgan fingerprint density at radius 2 is 1.80 bits per heavy atom. The summed E-state index contributed by atoms with van der Waals surface area (Å²) in [6.07, 6.45) is -5.85. The fraction of sp³-hybridized carbons (Fsp3) is 1.00. The minimum Gasteiger partial charge on any atom is -0.369 e. The van der Waals surface area contributed by atoms with Gasteiger partial charge in [-0.3, -0.25) is 4.70 Å². The maximum absolute atomic E-state index is 11.5. The highest BCUT2D eigenvalue weighted by molar-refractivity contribution is 4.59. The number of alkyl halides is 3. The van der Waals surface area contributed by atoms with E-state index in [1.165, 1.54) is 6.92 Å². The number of hydrogen-bond donors (Lipinski definition) is 0. The Morgan fingerprint density at radius 3 is 1.90 bits per heavy atom. The summed E-state index contributed by atoms with van der Waals surface area (Å²) in [6.45, 7) is 2.62. The molecule has 1 atom stereocenters. The van der Waals surface area contributed by atoms with Crippen molar-refractivity contribution in [3.63, 3.8) is 0 Å². The monoisotopic (exact) mass is 162 g/mol. The second-order valence-corrected chi connectivity index (χ2v) is 1.64. The Balaban J connectivity index is 0. The first kappa shape index (κ1) is 12.4. The van der Waals surface area contributed by atoms with Crippen molar-refractivity contribution in [3.05, 3.63) is 0 Å². The normalized spacial score (nSPS) is 14.1. The van der Waals surface area contributed by atoms with Gasteiger partial charge in [-0.2, -0.15) is 13.2 Å². The van der Waals surface area contributed by atoms with Gasteiger partial charge in [-0.1, -0.05) is 0 Å². The molecule has 0 aliphatic heterocycles. The average Bonchev–Trinajstić information content (AvgIpc) is 1.64. The van der Waals surface area contributed by atoms with Crippen LogP contribution in [-0.2, 0) is 4.74 Å². The molecule has 0 N–H and O–H groups in total. The second kappa shape index (κ2) is 4.49. The van der Waals surface area contributed by atoms with Crippen molar-refractivity contribution >= 4 is 0 Å². The van der Waals surface area contributed by atoms with E-state index < -0.39 is 12.3 Å². The van der Waals surface area contributed by atoms with E-state index in [1.54, 1.807) is 0 Å². The molecule has 0 spiro atoms. The summed E-state index contributed by atoms with van der Waals surface area (Å²) in [7, 11) is 0. The molecular weight excluding hydrogens is 152 g/mol. The summed E-state index contributed by atoms with van der Waals surface area (Å²) in [6, 6.07) is 0. The first-order chi connectivity index (χ1) is 3.98. The van der Waals surface area contributed by atoms with Gasteiger partial charge in [-0.05, 0) is 13.8 Å². The summed E-state index contributed by atoms with van der Waals surface area (Å²) < 4.78 is 38.8. The van der Waals surface area contributed by atoms with E-state index in [0.29, 0.717) is 0 Å². The van der Waals surface area contributed by atoms with Crippen LogP contribution in [0.1, 0.15) is 13.8 Å². The summed E-state index contributed by atoms with van der Waals surface area (Å²) in [4.78, 5) is 0. The SMILES string of the molecule is CCOC(C)C(F)(F)F.F. The Hall–Kier alpha value is -0.320. The molecule has 1 unspecified atom stereocenters. The van der Waals surface area contributed by atoms with Crippen LogP contribution in [0.15, 0.2) is 0 Å². The summed E-state index contributed by atoms with van der Waals surface area (Å²) >= 11 is 0. The Kier molecular flexibility index (Phi) is 5.55. The van der Waals surface area contributed by atoms with Crippen LogP contribution in [0.2, 0.25) is 0 Å². The highest BCUT2D eigenvalue weighted by atomic mass is 19.4. The molecule has 0 aliphatic rings. The summed E-state index contributed by atoms with van der Waals surface area (Å²) in [5.74, 6) is 0. The van der Waals surface area contributed by atoms with Gasteiger partial charge in [0, 0.05) is 6.61 Å². The number of ether oxygens (including phenoxy) is 1. The predicted molar refractivity (Wildman–Crippen MR) is 29.6 cm³/mol. The van der Waals surface area contributed by atoms with Crippen molar-refractivity contribution in [1.29, 1.82) is 0 Å². The second-order valence-electron chi connectivity index (χ2n) is 1.64. The third kappa shape index (κ3) is 4.55. The van der Waals surface area contributed by atoms with Crippen LogP contribution >= 0.6 is 0 Å². The Bertz CT molecular complexity index is 80.2. The van der Waals surface area contributed by atoms with Gasteiger partial charge in [-0.15, -0.1) is 0 Å². The van der Waals surface area contributed by atoms with Gasteiger partial charge < -0.3 is 4.74 Å². The number of hydrogen-bond acceptors (Lipinski definition) is 1. The van der Waals surface area contributed by atoms with E-state index in [-0.39, 0.29) is 11.3 Å². The smallest absolute Gasteiger partial charge is 0.369 e. The van der Waals surface area contributed by atoms with Gasteiger partial charge in [0.2, 0.25) is 0 Å². The first-order valence-electron chi connectivity index (χ1n) is 2.66. The van der Waals surface area contributed by atoms with Crippen molar-refractivity contribution in [2.75, 3.05) is 6.61 Å². The molecule has 0 bridgehead atoms. The van der Waals surface area contributed by atoms with Crippen LogP contribution in [0, 0.1) is 0 Å². The van der Waals surface area contributed by atoms with Crippen molar-refractivity contribution < 1.29 is 22.6 Å². The topological polar surface area (TPSA) is 9.23 Å². The highest BCUT2D eigenvalue weighted by Crippen LogP contribution is 2.21. The van der Waals surface area contributed by atoms with Crippen LogP contribution in [-0.4, -0.2) is 18.9 Å². The lowest BCUT2D eigenvalue weighted by Crippen LogP contribution is -2.28. The van der Waals surface area contributed by atoms with Gasteiger partial charge in [0.1, 0.15) is 0 Å². The van der Waals surface area contributed by atoms with Gasteiger partial charge in [0.05, 0.1) is 0 Å². The van der Waals surface area contributed by atoms with Crippen molar-refractivity contribution in [2.24, 2.45) is 0 Å². The van der Waals surface area contributed by atoms with E-state index in [9.17, 15) is 13.2 Å². The van der Waals surface area contributed by atoms with Crippen LogP contribution in [0.5, 0.6) is 0 Å². The lowest BCUT2D eigenvalue weighted by Gasteiger charge is -2.14. The lowest BCUT2D eigenvalue weighted by molar-refractivity contribution is -0.212. The van der Waals surface area contributed by atoms with E-state index in [1.807, 2.05) is 0 Å². The highest BCUT2D eigenvalue weighted by Gasteiger charge is 2.36. The van der Waals surface area contributed by atoms with Crippen LogP contribution in [0.4, 0.5) is 17.9 Å². The molecule has 1 nitrogen and oxygen atoms in total. The molecule has 10 heavy (non-hydrogen) atoms. The number of halogens is 4. The van der Waals surface area contributed by atoms with Gasteiger partial charge in [-0.25, -0.2) is 0 Å². The van der Waals surface area contributed by atoms with E-state index in [0.717, 1.165) is 6.92 Å². The maximum Gasteiger partial charge on any atom is 0.414 e. The molecule has 64 valence electrons. The molecular formula is C5H10F4O. The van der Waals surface area contributed by atoms with Gasteiger partial charge in [0.25, 0.3) is 0 Å². The molecule has 0 heterocycles. The minimum atomic E-state index is -4.21. The minimum absolute atomic E-state index is 0. The molecule has 0 rings (SSSR count). The van der Waals surface area contributed by atoms with E-state index in [2.05, 4.69) is 4.74 Å². The molecule has 0 radical (unpaired) electrons. The van der Waals surface area contributed by atoms with E-state index in [4.69, 9.17) is 0 Å². The third-order valence-electron chi connectivity index (χ3n) is 0.878. The Labute approximate surface area is 56.5 Å². The van der Waals surface area contributed by atoms with Crippen molar-refractivity contribution in [2.45, 2.75) is 26.1 Å². The van der Waals surface area contributed by atoms with Crippen LogP contribution in [0.25, 0.3) is 0 Å². The van der Waals surface area contributed by atoms with Crippen LogP contribution in [0.3, 0.4) is 0 Å². The Morgan fingerprint density at radius 1 is 1.40 bits per heavy atom. The zero-order valence-electron chi connectivity index (χ0n) is 5.73. The fourth-order valence-corrected chi connectivity index (χ4v) is 0.344. The zero-order chi connectivity index (χ0) is 7.49. The first-order valence-corrected chi connectivity index (χ1v) is 2.66. The number of rotatable bonds is 2. The molecule has 0 aromatic rings. The fourth-order valence-electron chi connectivity index (χ4n) is 0.344. The predicted octanol–water partition coefficient (Wildman–Crippen LogP) is 2.13. The molecule has 0 amide bonds. The molecule has 0 aromatic heterocycles. The quantitative estimate of drug-likeness (QED) is 0.565. The molecule has 0 aromatic carbocycles. The summed E-state index contributed by atoms with van der Waals surface area (Å²) in [5.41, 5.74) is 0. The maximum atomic E-state index is 11.5.